The third-order valence-corrected chi connectivity index (χ3v) is 4.14. The number of ether oxygens (including phenoxy) is 1. The molecule has 2 aromatic rings. The molecule has 132 valence electrons. The summed E-state index contributed by atoms with van der Waals surface area (Å²) in [7, 11) is 1.54. The summed E-state index contributed by atoms with van der Waals surface area (Å²) < 4.78 is 43.3. The SMILES string of the molecule is COc1cc2c(c(Nc3ccc(C(F)(F)F)cc3)c1)N(C(C)=O)CC2. The predicted molar refractivity (Wildman–Crippen MR) is 89.5 cm³/mol. The molecule has 0 saturated heterocycles. The Kier molecular flexibility index (Phi) is 4.32. The van der Waals surface area contributed by atoms with E-state index in [-0.39, 0.29) is 5.91 Å². The second-order valence-corrected chi connectivity index (χ2v) is 5.80. The average molecular weight is 350 g/mol. The average Bonchev–Trinajstić information content (AvgIpc) is 2.99. The van der Waals surface area contributed by atoms with Gasteiger partial charge in [-0.15, -0.1) is 0 Å². The fourth-order valence-electron chi connectivity index (χ4n) is 2.94. The molecule has 1 aliphatic heterocycles. The highest BCUT2D eigenvalue weighted by atomic mass is 19.4. The number of nitrogens with zero attached hydrogens (tertiary/aromatic N) is 1. The van der Waals surface area contributed by atoms with Crippen molar-refractivity contribution >= 4 is 23.0 Å². The lowest BCUT2D eigenvalue weighted by Gasteiger charge is -2.20. The number of amides is 1. The van der Waals surface area contributed by atoms with Crippen molar-refractivity contribution < 1.29 is 22.7 Å². The van der Waals surface area contributed by atoms with Gasteiger partial charge in [0.15, 0.2) is 0 Å². The zero-order valence-corrected chi connectivity index (χ0v) is 13.8. The Bertz CT molecular complexity index is 801. The van der Waals surface area contributed by atoms with Gasteiger partial charge < -0.3 is 15.0 Å². The lowest BCUT2D eigenvalue weighted by molar-refractivity contribution is -0.137. The third kappa shape index (κ3) is 3.40. The lowest BCUT2D eigenvalue weighted by Crippen LogP contribution is -2.26. The van der Waals surface area contributed by atoms with Crippen LogP contribution in [0.5, 0.6) is 5.75 Å². The van der Waals surface area contributed by atoms with Crippen LogP contribution in [-0.2, 0) is 17.4 Å². The number of carbonyl (C=O) groups is 1. The van der Waals surface area contributed by atoms with Crippen molar-refractivity contribution in [2.75, 3.05) is 23.9 Å². The number of methoxy groups -OCH3 is 1. The molecule has 0 fully saturated rings. The van der Waals surface area contributed by atoms with Crippen molar-refractivity contribution in [2.45, 2.75) is 19.5 Å². The molecule has 2 aromatic carbocycles. The van der Waals surface area contributed by atoms with Gasteiger partial charge in [-0.3, -0.25) is 4.79 Å². The van der Waals surface area contributed by atoms with Crippen LogP contribution in [0.4, 0.5) is 30.2 Å². The Hall–Kier alpha value is -2.70. The van der Waals surface area contributed by atoms with Gasteiger partial charge in [-0.25, -0.2) is 0 Å². The Morgan fingerprint density at radius 2 is 1.88 bits per heavy atom. The topological polar surface area (TPSA) is 41.6 Å². The standard InChI is InChI=1S/C18H17F3N2O2/c1-11(24)23-8-7-12-9-15(25-2)10-16(17(12)23)22-14-5-3-13(4-6-14)18(19,20)21/h3-6,9-10,22H,7-8H2,1-2H3. The molecule has 0 saturated carbocycles. The van der Waals surface area contributed by atoms with E-state index in [1.165, 1.54) is 19.1 Å². The van der Waals surface area contributed by atoms with Crippen molar-refractivity contribution in [3.05, 3.63) is 47.5 Å². The smallest absolute Gasteiger partial charge is 0.416 e. The highest BCUT2D eigenvalue weighted by Crippen LogP contribution is 2.40. The quantitative estimate of drug-likeness (QED) is 0.894. The maximum Gasteiger partial charge on any atom is 0.416 e. The van der Waals surface area contributed by atoms with E-state index >= 15 is 0 Å². The summed E-state index contributed by atoms with van der Waals surface area (Å²) in [6, 6.07) is 8.37. The van der Waals surface area contributed by atoms with Crippen LogP contribution in [0.15, 0.2) is 36.4 Å². The Balaban J connectivity index is 1.97. The molecule has 0 aliphatic carbocycles. The van der Waals surface area contributed by atoms with Crippen LogP contribution in [0.25, 0.3) is 0 Å². The number of hydrogen-bond donors (Lipinski definition) is 1. The summed E-state index contributed by atoms with van der Waals surface area (Å²) in [5.74, 6) is 0.540. The number of anilines is 3. The molecule has 0 atom stereocenters. The monoisotopic (exact) mass is 350 g/mol. The summed E-state index contributed by atoms with van der Waals surface area (Å²) in [4.78, 5) is 13.5. The number of nitrogens with one attached hydrogen (secondary N) is 1. The summed E-state index contributed by atoms with van der Waals surface area (Å²) in [5, 5.41) is 3.10. The molecule has 1 N–H and O–H groups in total. The van der Waals surface area contributed by atoms with Crippen LogP contribution in [0.3, 0.4) is 0 Å². The molecule has 0 radical (unpaired) electrons. The molecule has 1 aliphatic rings. The van der Waals surface area contributed by atoms with E-state index in [0.29, 0.717) is 30.1 Å². The van der Waals surface area contributed by atoms with Crippen molar-refractivity contribution in [3.8, 4) is 5.75 Å². The van der Waals surface area contributed by atoms with E-state index in [1.807, 2.05) is 6.07 Å². The first kappa shape index (κ1) is 17.1. The highest BCUT2D eigenvalue weighted by molar-refractivity contribution is 5.99. The minimum atomic E-state index is -4.37. The summed E-state index contributed by atoms with van der Waals surface area (Å²) in [6.07, 6.45) is -3.67. The normalized spacial score (nSPS) is 13.6. The first-order valence-corrected chi connectivity index (χ1v) is 7.73. The van der Waals surface area contributed by atoms with Crippen molar-refractivity contribution in [2.24, 2.45) is 0 Å². The summed E-state index contributed by atoms with van der Waals surface area (Å²) >= 11 is 0. The van der Waals surface area contributed by atoms with E-state index in [1.54, 1.807) is 18.1 Å². The molecule has 3 rings (SSSR count). The van der Waals surface area contributed by atoms with Crippen LogP contribution >= 0.6 is 0 Å². The molecular formula is C18H17F3N2O2. The number of carbonyl (C=O) groups excluding carboxylic acids is 1. The van der Waals surface area contributed by atoms with Crippen LogP contribution in [0.2, 0.25) is 0 Å². The predicted octanol–water partition coefficient (Wildman–Crippen LogP) is 4.37. The van der Waals surface area contributed by atoms with Crippen molar-refractivity contribution in [3.63, 3.8) is 0 Å². The third-order valence-electron chi connectivity index (χ3n) is 4.14. The molecule has 0 spiro atoms. The lowest BCUT2D eigenvalue weighted by atomic mass is 10.1. The van der Waals surface area contributed by atoms with Gasteiger partial charge in [0.05, 0.1) is 24.0 Å². The molecule has 0 aromatic heterocycles. The maximum absolute atomic E-state index is 12.7. The van der Waals surface area contributed by atoms with Gasteiger partial charge in [0, 0.05) is 25.2 Å². The van der Waals surface area contributed by atoms with E-state index in [2.05, 4.69) is 5.32 Å². The molecule has 25 heavy (non-hydrogen) atoms. The number of benzene rings is 2. The minimum Gasteiger partial charge on any atom is -0.497 e. The van der Waals surface area contributed by atoms with Gasteiger partial charge >= 0.3 is 6.18 Å². The Morgan fingerprint density at radius 1 is 1.20 bits per heavy atom. The van der Waals surface area contributed by atoms with Gasteiger partial charge in [-0.1, -0.05) is 0 Å². The van der Waals surface area contributed by atoms with Gasteiger partial charge in [0.25, 0.3) is 0 Å². The highest BCUT2D eigenvalue weighted by Gasteiger charge is 2.30. The van der Waals surface area contributed by atoms with E-state index in [0.717, 1.165) is 23.4 Å². The van der Waals surface area contributed by atoms with E-state index in [9.17, 15) is 18.0 Å². The number of fused-ring (bicyclic) bond motifs is 1. The number of hydrogen-bond acceptors (Lipinski definition) is 3. The number of alkyl halides is 3. The van der Waals surface area contributed by atoms with Crippen LogP contribution in [0, 0.1) is 0 Å². The van der Waals surface area contributed by atoms with Gasteiger partial charge in [0.1, 0.15) is 5.75 Å². The first-order valence-electron chi connectivity index (χ1n) is 7.73. The second-order valence-electron chi connectivity index (χ2n) is 5.80. The van der Waals surface area contributed by atoms with Crippen LogP contribution in [-0.4, -0.2) is 19.6 Å². The molecule has 1 amide bonds. The zero-order valence-electron chi connectivity index (χ0n) is 13.8. The largest absolute Gasteiger partial charge is 0.497 e. The fourth-order valence-corrected chi connectivity index (χ4v) is 2.94. The number of halogens is 3. The Morgan fingerprint density at radius 3 is 2.44 bits per heavy atom. The summed E-state index contributed by atoms with van der Waals surface area (Å²) in [6.45, 7) is 2.06. The number of rotatable bonds is 3. The summed E-state index contributed by atoms with van der Waals surface area (Å²) in [5.41, 5.74) is 2.12. The molecule has 1 heterocycles. The van der Waals surface area contributed by atoms with E-state index in [4.69, 9.17) is 4.74 Å². The molecule has 7 heteroatoms. The second kappa shape index (κ2) is 6.31. The Labute approximate surface area is 143 Å². The fraction of sp³-hybridized carbons (Fsp3) is 0.278. The maximum atomic E-state index is 12.7. The molecule has 0 unspecified atom stereocenters. The minimum absolute atomic E-state index is 0.0839. The van der Waals surface area contributed by atoms with Gasteiger partial charge in [-0.2, -0.15) is 13.2 Å². The first-order chi connectivity index (χ1) is 11.8. The molecular weight excluding hydrogens is 333 g/mol. The van der Waals surface area contributed by atoms with Crippen LogP contribution < -0.4 is 15.0 Å². The van der Waals surface area contributed by atoms with Crippen LogP contribution in [0.1, 0.15) is 18.1 Å². The van der Waals surface area contributed by atoms with Gasteiger partial charge in [-0.05, 0) is 42.3 Å². The molecule has 4 nitrogen and oxygen atoms in total. The van der Waals surface area contributed by atoms with Gasteiger partial charge in [0.2, 0.25) is 5.91 Å². The van der Waals surface area contributed by atoms with E-state index < -0.39 is 11.7 Å². The molecule has 0 bridgehead atoms. The zero-order chi connectivity index (χ0) is 18.2. The van der Waals surface area contributed by atoms with Crippen molar-refractivity contribution in [1.29, 1.82) is 0 Å². The van der Waals surface area contributed by atoms with Crippen molar-refractivity contribution in [1.82, 2.24) is 0 Å².